The van der Waals surface area contributed by atoms with Crippen molar-refractivity contribution in [3.05, 3.63) is 23.8 Å². The van der Waals surface area contributed by atoms with Crippen molar-refractivity contribution in [2.45, 2.75) is 57.9 Å². The van der Waals surface area contributed by atoms with Crippen molar-refractivity contribution in [1.29, 1.82) is 0 Å². The van der Waals surface area contributed by atoms with Gasteiger partial charge in [0.15, 0.2) is 0 Å². The molecule has 2 aliphatic heterocycles. The van der Waals surface area contributed by atoms with Crippen molar-refractivity contribution in [2.75, 3.05) is 32.7 Å². The number of urea groups is 1. The molecule has 6 nitrogen and oxygen atoms in total. The molecule has 1 N–H and O–H groups in total. The maximum absolute atomic E-state index is 12.4. The van der Waals surface area contributed by atoms with Crippen LogP contribution in [0, 0.1) is 6.92 Å². The van der Waals surface area contributed by atoms with Gasteiger partial charge in [0.25, 0.3) is 0 Å². The first-order chi connectivity index (χ1) is 12.1. The Labute approximate surface area is 151 Å². The van der Waals surface area contributed by atoms with Gasteiger partial charge >= 0.3 is 6.03 Å². The van der Waals surface area contributed by atoms with Gasteiger partial charge in [-0.15, -0.1) is 0 Å². The molecule has 1 aromatic heterocycles. The normalized spacial score (nSPS) is 20.6. The van der Waals surface area contributed by atoms with Crippen LogP contribution in [0.4, 0.5) is 4.79 Å². The van der Waals surface area contributed by atoms with E-state index in [1.807, 2.05) is 24.1 Å². The third-order valence-electron chi connectivity index (χ3n) is 5.60. The number of aryl methyl sites for hydroxylation is 1. The number of rotatable bonds is 5. The van der Waals surface area contributed by atoms with Crippen LogP contribution in [0.2, 0.25) is 0 Å². The van der Waals surface area contributed by atoms with E-state index in [1.54, 1.807) is 0 Å². The molecule has 2 fully saturated rings. The monoisotopic (exact) mass is 345 g/mol. The second kappa shape index (κ2) is 8.61. The van der Waals surface area contributed by atoms with Gasteiger partial charge < -0.3 is 15.1 Å². The van der Waals surface area contributed by atoms with Gasteiger partial charge in [-0.25, -0.2) is 14.8 Å². The van der Waals surface area contributed by atoms with Gasteiger partial charge in [-0.05, 0) is 65.1 Å². The number of likely N-dealkylation sites (tertiary alicyclic amines) is 2. The molecule has 0 radical (unpaired) electrons. The summed E-state index contributed by atoms with van der Waals surface area (Å²) < 4.78 is 0. The number of hydrogen-bond donors (Lipinski definition) is 1. The van der Waals surface area contributed by atoms with Crippen LogP contribution in [-0.2, 0) is 0 Å². The fraction of sp³-hybridized carbons (Fsp3) is 0.737. The maximum Gasteiger partial charge on any atom is 0.317 e. The van der Waals surface area contributed by atoms with Crippen molar-refractivity contribution >= 4 is 6.03 Å². The molecule has 138 valence electrons. The zero-order chi connectivity index (χ0) is 17.6. The van der Waals surface area contributed by atoms with Crippen molar-refractivity contribution < 1.29 is 4.79 Å². The van der Waals surface area contributed by atoms with E-state index in [2.05, 4.69) is 27.1 Å². The molecule has 0 aliphatic carbocycles. The molecule has 25 heavy (non-hydrogen) atoms. The lowest BCUT2D eigenvalue weighted by molar-refractivity contribution is 0.178. The molecule has 0 unspecified atom stereocenters. The second-order valence-corrected chi connectivity index (χ2v) is 7.40. The number of carbonyl (C=O) groups excluding carboxylic acids is 1. The van der Waals surface area contributed by atoms with Gasteiger partial charge in [0.05, 0.1) is 0 Å². The van der Waals surface area contributed by atoms with Crippen LogP contribution in [0.15, 0.2) is 12.3 Å². The Balaban J connectivity index is 1.38. The Morgan fingerprint density at radius 3 is 2.68 bits per heavy atom. The highest BCUT2D eigenvalue weighted by Crippen LogP contribution is 2.26. The molecular weight excluding hydrogens is 314 g/mol. The number of carbonyl (C=O) groups is 1. The molecule has 1 atom stereocenters. The third-order valence-corrected chi connectivity index (χ3v) is 5.60. The average molecular weight is 345 g/mol. The summed E-state index contributed by atoms with van der Waals surface area (Å²) in [4.78, 5) is 25.6. The van der Waals surface area contributed by atoms with Crippen molar-refractivity contribution in [3.8, 4) is 0 Å². The molecule has 3 rings (SSSR count). The number of piperidine rings is 1. The summed E-state index contributed by atoms with van der Waals surface area (Å²) in [6.07, 6.45) is 7.46. The van der Waals surface area contributed by atoms with E-state index in [0.29, 0.717) is 12.0 Å². The van der Waals surface area contributed by atoms with Gasteiger partial charge in [-0.2, -0.15) is 0 Å². The quantitative estimate of drug-likeness (QED) is 0.891. The van der Waals surface area contributed by atoms with E-state index < -0.39 is 0 Å². The van der Waals surface area contributed by atoms with E-state index in [4.69, 9.17) is 0 Å². The van der Waals surface area contributed by atoms with E-state index in [9.17, 15) is 4.79 Å². The van der Waals surface area contributed by atoms with Crippen LogP contribution in [-0.4, -0.2) is 64.6 Å². The van der Waals surface area contributed by atoms with Crippen LogP contribution >= 0.6 is 0 Å². The molecule has 2 aliphatic rings. The molecule has 2 saturated heterocycles. The largest absolute Gasteiger partial charge is 0.338 e. The van der Waals surface area contributed by atoms with Gasteiger partial charge in [0.1, 0.15) is 5.82 Å². The highest BCUT2D eigenvalue weighted by molar-refractivity contribution is 5.74. The first-order valence-corrected chi connectivity index (χ1v) is 9.70. The predicted molar refractivity (Wildman–Crippen MR) is 98.6 cm³/mol. The zero-order valence-corrected chi connectivity index (χ0v) is 15.6. The predicted octanol–water partition coefficient (Wildman–Crippen LogP) is 2.55. The molecular formula is C19H31N5O. The minimum Gasteiger partial charge on any atom is -0.338 e. The smallest absolute Gasteiger partial charge is 0.317 e. The molecule has 1 aromatic rings. The molecule has 6 heteroatoms. The van der Waals surface area contributed by atoms with Crippen LogP contribution in [0.1, 0.15) is 56.5 Å². The van der Waals surface area contributed by atoms with Crippen LogP contribution in [0.5, 0.6) is 0 Å². The van der Waals surface area contributed by atoms with Gasteiger partial charge in [0.2, 0.25) is 0 Å². The Kier molecular flexibility index (Phi) is 6.24. The van der Waals surface area contributed by atoms with Crippen molar-refractivity contribution in [1.82, 2.24) is 25.1 Å². The lowest BCUT2D eigenvalue weighted by atomic mass is 9.93. The minimum absolute atomic E-state index is 0.0888. The van der Waals surface area contributed by atoms with E-state index in [0.717, 1.165) is 50.4 Å². The van der Waals surface area contributed by atoms with Gasteiger partial charge in [0, 0.05) is 43.5 Å². The summed E-state index contributed by atoms with van der Waals surface area (Å²) in [5.41, 5.74) is 1.12. The minimum atomic E-state index is 0.0888. The van der Waals surface area contributed by atoms with Crippen LogP contribution in [0.3, 0.4) is 0 Å². The molecule has 2 amide bonds. The van der Waals surface area contributed by atoms with E-state index in [1.165, 1.54) is 25.9 Å². The standard InChI is InChI=1S/C19H31N5O/c1-15(23-11-3-4-12-23)5-9-21-19(25)24-13-7-17(8-14-24)18-6-10-20-16(2)22-18/h6,10,15,17H,3-5,7-9,11-14H2,1-2H3,(H,21,25)/t15-/m1/s1. The number of amides is 2. The summed E-state index contributed by atoms with van der Waals surface area (Å²) in [6.45, 7) is 9.00. The fourth-order valence-corrected chi connectivity index (χ4v) is 3.94. The number of hydrogen-bond acceptors (Lipinski definition) is 4. The molecule has 0 saturated carbocycles. The summed E-state index contributed by atoms with van der Waals surface area (Å²) >= 11 is 0. The molecule has 0 spiro atoms. The maximum atomic E-state index is 12.4. The SMILES string of the molecule is Cc1nccc(C2CCN(C(=O)NCC[C@@H](C)N3CCCC3)CC2)n1. The first-order valence-electron chi connectivity index (χ1n) is 9.70. The Bertz CT molecular complexity index is 565. The highest BCUT2D eigenvalue weighted by atomic mass is 16.2. The van der Waals surface area contributed by atoms with Crippen molar-refractivity contribution in [3.63, 3.8) is 0 Å². The summed E-state index contributed by atoms with van der Waals surface area (Å²) in [5.74, 6) is 1.27. The fourth-order valence-electron chi connectivity index (χ4n) is 3.94. The number of aromatic nitrogens is 2. The topological polar surface area (TPSA) is 61.4 Å². The Morgan fingerprint density at radius 1 is 1.28 bits per heavy atom. The average Bonchev–Trinajstić information content (AvgIpc) is 3.16. The van der Waals surface area contributed by atoms with Crippen LogP contribution < -0.4 is 5.32 Å². The van der Waals surface area contributed by atoms with Gasteiger partial charge in [-0.3, -0.25) is 0 Å². The Hall–Kier alpha value is -1.69. The van der Waals surface area contributed by atoms with E-state index in [-0.39, 0.29) is 6.03 Å². The van der Waals surface area contributed by atoms with Crippen molar-refractivity contribution in [2.24, 2.45) is 0 Å². The highest BCUT2D eigenvalue weighted by Gasteiger charge is 2.25. The summed E-state index contributed by atoms with van der Waals surface area (Å²) in [7, 11) is 0. The van der Waals surface area contributed by atoms with Gasteiger partial charge in [-0.1, -0.05) is 0 Å². The summed E-state index contributed by atoms with van der Waals surface area (Å²) in [6, 6.07) is 2.66. The van der Waals surface area contributed by atoms with E-state index >= 15 is 0 Å². The first kappa shape index (κ1) is 18.1. The second-order valence-electron chi connectivity index (χ2n) is 7.40. The number of nitrogens with zero attached hydrogens (tertiary/aromatic N) is 4. The lowest BCUT2D eigenvalue weighted by Crippen LogP contribution is -2.45. The summed E-state index contributed by atoms with van der Waals surface area (Å²) in [5, 5.41) is 3.11. The number of nitrogens with one attached hydrogen (secondary N) is 1. The lowest BCUT2D eigenvalue weighted by Gasteiger charge is -2.32. The molecule has 3 heterocycles. The van der Waals surface area contributed by atoms with Crippen LogP contribution in [0.25, 0.3) is 0 Å². The molecule has 0 bridgehead atoms. The third kappa shape index (κ3) is 4.91. The molecule has 0 aromatic carbocycles. The zero-order valence-electron chi connectivity index (χ0n) is 15.6. The Morgan fingerprint density at radius 2 is 2.00 bits per heavy atom.